The fourth-order valence-electron chi connectivity index (χ4n) is 1.72. The number of aromatic hydroxyl groups is 1. The molecule has 0 aliphatic carbocycles. The Hall–Kier alpha value is -1.62. The third-order valence-electron chi connectivity index (χ3n) is 2.54. The SMILES string of the molecule is Cc1csc(CCn2c(C)cc(O)cc2=O)n1. The van der Waals surface area contributed by atoms with Crippen molar-refractivity contribution in [1.82, 2.24) is 9.55 Å². The monoisotopic (exact) mass is 250 g/mol. The number of hydrogen-bond donors (Lipinski definition) is 1. The van der Waals surface area contributed by atoms with E-state index in [0.29, 0.717) is 6.54 Å². The topological polar surface area (TPSA) is 55.1 Å². The summed E-state index contributed by atoms with van der Waals surface area (Å²) in [5, 5.41) is 12.3. The first kappa shape index (κ1) is 11.9. The Kier molecular flexibility index (Phi) is 3.28. The van der Waals surface area contributed by atoms with E-state index in [4.69, 9.17) is 0 Å². The quantitative estimate of drug-likeness (QED) is 0.904. The first-order valence-electron chi connectivity index (χ1n) is 5.38. The van der Waals surface area contributed by atoms with Crippen molar-refractivity contribution in [3.63, 3.8) is 0 Å². The molecule has 2 aromatic rings. The maximum Gasteiger partial charge on any atom is 0.254 e. The van der Waals surface area contributed by atoms with Gasteiger partial charge < -0.3 is 9.67 Å². The van der Waals surface area contributed by atoms with Crippen molar-refractivity contribution >= 4 is 11.3 Å². The normalized spacial score (nSPS) is 10.7. The van der Waals surface area contributed by atoms with E-state index in [0.717, 1.165) is 22.8 Å². The molecule has 0 unspecified atom stereocenters. The first-order chi connectivity index (χ1) is 8.06. The third-order valence-corrected chi connectivity index (χ3v) is 3.56. The maximum absolute atomic E-state index is 11.7. The molecule has 0 saturated heterocycles. The molecule has 2 heterocycles. The first-order valence-corrected chi connectivity index (χ1v) is 6.25. The molecule has 2 aromatic heterocycles. The largest absolute Gasteiger partial charge is 0.508 e. The van der Waals surface area contributed by atoms with Crippen LogP contribution in [0.15, 0.2) is 22.3 Å². The summed E-state index contributed by atoms with van der Waals surface area (Å²) in [4.78, 5) is 16.0. The van der Waals surface area contributed by atoms with Gasteiger partial charge >= 0.3 is 0 Å². The van der Waals surface area contributed by atoms with Crippen LogP contribution >= 0.6 is 11.3 Å². The number of aromatic nitrogens is 2. The van der Waals surface area contributed by atoms with E-state index in [1.807, 2.05) is 19.2 Å². The molecule has 0 radical (unpaired) electrons. The second kappa shape index (κ2) is 4.71. The van der Waals surface area contributed by atoms with Crippen LogP contribution in [0.5, 0.6) is 5.75 Å². The van der Waals surface area contributed by atoms with Gasteiger partial charge in [0.05, 0.1) is 5.01 Å². The van der Waals surface area contributed by atoms with Crippen molar-refractivity contribution in [2.45, 2.75) is 26.8 Å². The van der Waals surface area contributed by atoms with Gasteiger partial charge in [-0.25, -0.2) is 4.98 Å². The van der Waals surface area contributed by atoms with Gasteiger partial charge in [-0.15, -0.1) is 11.3 Å². The molecule has 17 heavy (non-hydrogen) atoms. The van der Waals surface area contributed by atoms with Crippen LogP contribution in [0.3, 0.4) is 0 Å². The minimum atomic E-state index is -0.171. The molecule has 0 amide bonds. The van der Waals surface area contributed by atoms with Gasteiger partial charge in [0.25, 0.3) is 5.56 Å². The Labute approximate surface area is 103 Å². The zero-order valence-electron chi connectivity index (χ0n) is 9.80. The van der Waals surface area contributed by atoms with Crippen LogP contribution in [0.2, 0.25) is 0 Å². The van der Waals surface area contributed by atoms with Gasteiger partial charge in [-0.1, -0.05) is 0 Å². The molecule has 0 bridgehead atoms. The van der Waals surface area contributed by atoms with Crippen LogP contribution in [0.4, 0.5) is 0 Å². The molecule has 90 valence electrons. The van der Waals surface area contributed by atoms with Crippen molar-refractivity contribution in [3.05, 3.63) is 44.3 Å². The van der Waals surface area contributed by atoms with Crippen LogP contribution < -0.4 is 5.56 Å². The van der Waals surface area contributed by atoms with Gasteiger partial charge in [0, 0.05) is 35.8 Å². The number of thiazole rings is 1. The third kappa shape index (κ3) is 2.74. The lowest BCUT2D eigenvalue weighted by Crippen LogP contribution is -2.22. The second-order valence-electron chi connectivity index (χ2n) is 3.98. The molecule has 0 spiro atoms. The van der Waals surface area contributed by atoms with Crippen molar-refractivity contribution < 1.29 is 5.11 Å². The zero-order valence-corrected chi connectivity index (χ0v) is 10.6. The summed E-state index contributed by atoms with van der Waals surface area (Å²) in [5.74, 6) is 0.0221. The lowest BCUT2D eigenvalue weighted by atomic mass is 10.3. The predicted octanol–water partition coefficient (Wildman–Crippen LogP) is 1.87. The predicted molar refractivity (Wildman–Crippen MR) is 67.7 cm³/mol. The fourth-order valence-corrected chi connectivity index (χ4v) is 2.49. The number of nitrogens with zero attached hydrogens (tertiary/aromatic N) is 2. The summed E-state index contributed by atoms with van der Waals surface area (Å²) in [6, 6.07) is 2.83. The molecule has 0 aromatic carbocycles. The van der Waals surface area contributed by atoms with E-state index in [9.17, 15) is 9.90 Å². The second-order valence-corrected chi connectivity index (χ2v) is 4.92. The summed E-state index contributed by atoms with van der Waals surface area (Å²) in [6.45, 7) is 4.37. The molecular formula is C12H14N2O2S. The Bertz CT molecular complexity index is 586. The molecule has 0 saturated carbocycles. The molecule has 0 aliphatic rings. The van der Waals surface area contributed by atoms with Crippen LogP contribution in [0.1, 0.15) is 16.4 Å². The highest BCUT2D eigenvalue weighted by Gasteiger charge is 2.04. The summed E-state index contributed by atoms with van der Waals surface area (Å²) in [6.07, 6.45) is 0.740. The summed E-state index contributed by atoms with van der Waals surface area (Å²) < 4.78 is 1.65. The van der Waals surface area contributed by atoms with E-state index in [1.54, 1.807) is 22.0 Å². The molecular weight excluding hydrogens is 236 g/mol. The molecule has 5 heteroatoms. The van der Waals surface area contributed by atoms with E-state index in [1.165, 1.54) is 6.07 Å². The van der Waals surface area contributed by atoms with Gasteiger partial charge in [-0.2, -0.15) is 0 Å². The van der Waals surface area contributed by atoms with Crippen molar-refractivity contribution in [2.24, 2.45) is 0 Å². The smallest absolute Gasteiger partial charge is 0.254 e. The lowest BCUT2D eigenvalue weighted by Gasteiger charge is -2.08. The van der Waals surface area contributed by atoms with E-state index in [-0.39, 0.29) is 11.3 Å². The fraction of sp³-hybridized carbons (Fsp3) is 0.333. The van der Waals surface area contributed by atoms with E-state index in [2.05, 4.69) is 4.98 Å². The Morgan fingerprint density at radius 1 is 1.41 bits per heavy atom. The number of pyridine rings is 1. The Morgan fingerprint density at radius 2 is 2.18 bits per heavy atom. The molecule has 0 atom stereocenters. The lowest BCUT2D eigenvalue weighted by molar-refractivity contribution is 0.469. The minimum absolute atomic E-state index is 0.0221. The number of aryl methyl sites for hydroxylation is 3. The van der Waals surface area contributed by atoms with E-state index < -0.39 is 0 Å². The average Bonchev–Trinajstić information content (AvgIpc) is 2.62. The molecule has 0 fully saturated rings. The van der Waals surface area contributed by atoms with Crippen LogP contribution in [-0.4, -0.2) is 14.7 Å². The molecule has 0 aliphatic heterocycles. The van der Waals surface area contributed by atoms with Crippen molar-refractivity contribution in [2.75, 3.05) is 0 Å². The van der Waals surface area contributed by atoms with Gasteiger partial charge in [0.2, 0.25) is 0 Å². The van der Waals surface area contributed by atoms with Crippen LogP contribution in [0, 0.1) is 13.8 Å². The van der Waals surface area contributed by atoms with Gasteiger partial charge in [0.1, 0.15) is 5.75 Å². The Morgan fingerprint density at radius 3 is 2.76 bits per heavy atom. The van der Waals surface area contributed by atoms with E-state index >= 15 is 0 Å². The van der Waals surface area contributed by atoms with Gasteiger partial charge in [-0.3, -0.25) is 4.79 Å². The average molecular weight is 250 g/mol. The van der Waals surface area contributed by atoms with Crippen LogP contribution in [-0.2, 0) is 13.0 Å². The minimum Gasteiger partial charge on any atom is -0.508 e. The van der Waals surface area contributed by atoms with Crippen molar-refractivity contribution in [1.29, 1.82) is 0 Å². The van der Waals surface area contributed by atoms with Crippen molar-refractivity contribution in [3.8, 4) is 5.75 Å². The molecule has 4 nitrogen and oxygen atoms in total. The number of rotatable bonds is 3. The highest BCUT2D eigenvalue weighted by molar-refractivity contribution is 7.09. The van der Waals surface area contributed by atoms with Crippen LogP contribution in [0.25, 0.3) is 0 Å². The number of hydrogen-bond acceptors (Lipinski definition) is 4. The standard InChI is InChI=1S/C12H14N2O2S/c1-8-7-17-11(13-8)3-4-14-9(2)5-10(15)6-12(14)16/h5-7,15H,3-4H2,1-2H3. The zero-order chi connectivity index (χ0) is 12.4. The Balaban J connectivity index is 2.17. The van der Waals surface area contributed by atoms with Gasteiger partial charge in [-0.05, 0) is 19.9 Å². The molecule has 2 rings (SSSR count). The van der Waals surface area contributed by atoms with Gasteiger partial charge in [0.15, 0.2) is 0 Å². The maximum atomic E-state index is 11.7. The summed E-state index contributed by atoms with van der Waals surface area (Å²) in [5.41, 5.74) is 1.61. The summed E-state index contributed by atoms with van der Waals surface area (Å²) in [7, 11) is 0. The molecule has 1 N–H and O–H groups in total. The highest BCUT2D eigenvalue weighted by Crippen LogP contribution is 2.11. The summed E-state index contributed by atoms with van der Waals surface area (Å²) >= 11 is 1.61. The highest BCUT2D eigenvalue weighted by atomic mass is 32.1.